The van der Waals surface area contributed by atoms with Crippen molar-refractivity contribution >= 4 is 28.8 Å². The van der Waals surface area contributed by atoms with Gasteiger partial charge in [0.1, 0.15) is 11.4 Å². The summed E-state index contributed by atoms with van der Waals surface area (Å²) in [6, 6.07) is 11.4. The van der Waals surface area contributed by atoms with Gasteiger partial charge in [0, 0.05) is 0 Å². The number of ether oxygens (including phenoxy) is 1. The summed E-state index contributed by atoms with van der Waals surface area (Å²) in [6.07, 6.45) is 0. The van der Waals surface area contributed by atoms with Crippen LogP contribution in [0, 0.1) is 0 Å². The lowest BCUT2D eigenvalue weighted by atomic mass is 10.0. The zero-order valence-electron chi connectivity index (χ0n) is 11.3. The molecule has 2 N–H and O–H groups in total. The van der Waals surface area contributed by atoms with Crippen LogP contribution in [-0.2, 0) is 0 Å². The Kier molecular flexibility index (Phi) is 3.86. The zero-order chi connectivity index (χ0) is 14.8. The molecule has 3 rings (SSSR count). The molecule has 3 aromatic rings. The third kappa shape index (κ3) is 2.75. The van der Waals surface area contributed by atoms with Gasteiger partial charge in [-0.05, 0) is 36.8 Å². The summed E-state index contributed by atoms with van der Waals surface area (Å²) < 4.78 is 11.3. The van der Waals surface area contributed by atoms with Gasteiger partial charge >= 0.3 is 0 Å². The Labute approximate surface area is 131 Å². The maximum atomic E-state index is 5.98. The SMILES string of the molecule is CCOc1ccc(-c2c(-c3ccc(Cl)s3)noc2N)cc1. The minimum absolute atomic E-state index is 0.290. The summed E-state index contributed by atoms with van der Waals surface area (Å²) in [5.74, 6) is 1.11. The van der Waals surface area contributed by atoms with Crippen molar-refractivity contribution in [2.24, 2.45) is 0 Å². The fourth-order valence-electron chi connectivity index (χ4n) is 2.08. The average molecular weight is 321 g/mol. The van der Waals surface area contributed by atoms with E-state index in [0.717, 1.165) is 21.8 Å². The topological polar surface area (TPSA) is 61.3 Å². The molecule has 0 amide bonds. The number of nitrogen functional groups attached to an aromatic ring is 1. The number of aromatic nitrogens is 1. The standard InChI is InChI=1S/C15H13ClN2O2S/c1-2-19-10-5-3-9(4-6-10)13-14(18-20-15(13)17)11-7-8-12(16)21-11/h3-8H,2,17H2,1H3. The first-order chi connectivity index (χ1) is 10.2. The van der Waals surface area contributed by atoms with Gasteiger partial charge < -0.3 is 15.0 Å². The monoisotopic (exact) mass is 320 g/mol. The molecule has 0 bridgehead atoms. The van der Waals surface area contributed by atoms with E-state index < -0.39 is 0 Å². The molecule has 0 fully saturated rings. The van der Waals surface area contributed by atoms with E-state index in [1.807, 2.05) is 43.3 Å². The van der Waals surface area contributed by atoms with Crippen LogP contribution in [0.4, 0.5) is 5.88 Å². The van der Waals surface area contributed by atoms with Gasteiger partial charge in [0.2, 0.25) is 5.88 Å². The van der Waals surface area contributed by atoms with Gasteiger partial charge in [-0.25, -0.2) is 0 Å². The highest BCUT2D eigenvalue weighted by Crippen LogP contribution is 2.40. The molecule has 0 unspecified atom stereocenters. The Morgan fingerprint density at radius 3 is 2.62 bits per heavy atom. The lowest BCUT2D eigenvalue weighted by Crippen LogP contribution is -1.91. The fourth-order valence-corrected chi connectivity index (χ4v) is 3.11. The van der Waals surface area contributed by atoms with Crippen LogP contribution in [0.3, 0.4) is 0 Å². The summed E-state index contributed by atoms with van der Waals surface area (Å²) in [5.41, 5.74) is 8.33. The molecule has 0 aliphatic heterocycles. The summed E-state index contributed by atoms with van der Waals surface area (Å²) in [6.45, 7) is 2.58. The van der Waals surface area contributed by atoms with Gasteiger partial charge in [-0.3, -0.25) is 0 Å². The molecule has 6 heteroatoms. The Hall–Kier alpha value is -1.98. The zero-order valence-corrected chi connectivity index (χ0v) is 12.9. The van der Waals surface area contributed by atoms with Crippen LogP contribution in [0.25, 0.3) is 21.7 Å². The molecule has 0 atom stereocenters. The van der Waals surface area contributed by atoms with E-state index in [4.69, 9.17) is 26.6 Å². The highest BCUT2D eigenvalue weighted by Gasteiger charge is 2.18. The molecule has 0 aliphatic rings. The number of nitrogens with two attached hydrogens (primary N) is 1. The number of anilines is 1. The third-order valence-electron chi connectivity index (χ3n) is 2.98. The van der Waals surface area contributed by atoms with Crippen molar-refractivity contribution in [2.75, 3.05) is 12.3 Å². The summed E-state index contributed by atoms with van der Waals surface area (Å²) >= 11 is 7.42. The number of hydrogen-bond acceptors (Lipinski definition) is 5. The van der Waals surface area contributed by atoms with Crippen molar-refractivity contribution in [3.8, 4) is 27.4 Å². The Balaban J connectivity index is 2.04. The van der Waals surface area contributed by atoms with E-state index >= 15 is 0 Å². The van der Waals surface area contributed by atoms with E-state index in [2.05, 4.69) is 5.16 Å². The van der Waals surface area contributed by atoms with Crippen LogP contribution in [0.1, 0.15) is 6.92 Å². The first kappa shape index (κ1) is 14.0. The van der Waals surface area contributed by atoms with Gasteiger partial charge in [-0.15, -0.1) is 11.3 Å². The van der Waals surface area contributed by atoms with Gasteiger partial charge in [0.15, 0.2) is 0 Å². The minimum atomic E-state index is 0.290. The fraction of sp³-hybridized carbons (Fsp3) is 0.133. The van der Waals surface area contributed by atoms with Crippen molar-refractivity contribution in [3.63, 3.8) is 0 Å². The number of benzene rings is 1. The van der Waals surface area contributed by atoms with Crippen molar-refractivity contribution in [2.45, 2.75) is 6.92 Å². The Morgan fingerprint density at radius 1 is 1.24 bits per heavy atom. The summed E-state index contributed by atoms with van der Waals surface area (Å²) in [7, 11) is 0. The molecule has 0 radical (unpaired) electrons. The molecule has 2 heterocycles. The Morgan fingerprint density at radius 2 is 2.00 bits per heavy atom. The molecule has 2 aromatic heterocycles. The summed E-state index contributed by atoms with van der Waals surface area (Å²) in [5, 5.41) is 4.05. The van der Waals surface area contributed by atoms with Crippen molar-refractivity contribution < 1.29 is 9.26 Å². The molecule has 108 valence electrons. The molecule has 1 aromatic carbocycles. The molecule has 0 saturated heterocycles. The average Bonchev–Trinajstić information content (AvgIpc) is 3.06. The van der Waals surface area contributed by atoms with E-state index in [0.29, 0.717) is 22.5 Å². The Bertz CT molecular complexity index is 749. The second kappa shape index (κ2) is 5.79. The smallest absolute Gasteiger partial charge is 0.230 e. The first-order valence-electron chi connectivity index (χ1n) is 6.43. The predicted octanol–water partition coefficient (Wildman–Crippen LogP) is 4.70. The molecule has 4 nitrogen and oxygen atoms in total. The first-order valence-corrected chi connectivity index (χ1v) is 7.62. The lowest BCUT2D eigenvalue weighted by Gasteiger charge is -2.05. The van der Waals surface area contributed by atoms with Gasteiger partial charge in [-0.2, -0.15) is 0 Å². The second-order valence-electron chi connectivity index (χ2n) is 4.33. The van der Waals surface area contributed by atoms with E-state index in [1.165, 1.54) is 11.3 Å². The normalized spacial score (nSPS) is 10.8. The van der Waals surface area contributed by atoms with Crippen molar-refractivity contribution in [1.29, 1.82) is 0 Å². The number of rotatable bonds is 4. The number of thiophene rings is 1. The highest BCUT2D eigenvalue weighted by molar-refractivity contribution is 7.19. The maximum absolute atomic E-state index is 5.98. The van der Waals surface area contributed by atoms with E-state index in [9.17, 15) is 0 Å². The van der Waals surface area contributed by atoms with Gasteiger partial charge in [0.05, 0.1) is 21.4 Å². The van der Waals surface area contributed by atoms with Crippen LogP contribution >= 0.6 is 22.9 Å². The maximum Gasteiger partial charge on any atom is 0.230 e. The largest absolute Gasteiger partial charge is 0.494 e. The molecule has 0 spiro atoms. The third-order valence-corrected chi connectivity index (χ3v) is 4.22. The number of hydrogen-bond donors (Lipinski definition) is 1. The molecular formula is C15H13ClN2O2S. The van der Waals surface area contributed by atoms with Gasteiger partial charge in [0.25, 0.3) is 0 Å². The summed E-state index contributed by atoms with van der Waals surface area (Å²) in [4.78, 5) is 0.921. The predicted molar refractivity (Wildman–Crippen MR) is 85.8 cm³/mol. The minimum Gasteiger partial charge on any atom is -0.494 e. The van der Waals surface area contributed by atoms with Crippen LogP contribution in [0.15, 0.2) is 40.9 Å². The number of nitrogens with zero attached hydrogens (tertiary/aromatic N) is 1. The van der Waals surface area contributed by atoms with Crippen LogP contribution < -0.4 is 10.5 Å². The highest BCUT2D eigenvalue weighted by atomic mass is 35.5. The van der Waals surface area contributed by atoms with Crippen molar-refractivity contribution in [1.82, 2.24) is 5.16 Å². The van der Waals surface area contributed by atoms with E-state index in [-0.39, 0.29) is 0 Å². The molecular weight excluding hydrogens is 308 g/mol. The second-order valence-corrected chi connectivity index (χ2v) is 6.05. The van der Waals surface area contributed by atoms with Crippen LogP contribution in [0.5, 0.6) is 5.75 Å². The molecule has 21 heavy (non-hydrogen) atoms. The molecule has 0 saturated carbocycles. The number of halogens is 1. The van der Waals surface area contributed by atoms with Crippen LogP contribution in [0.2, 0.25) is 4.34 Å². The van der Waals surface area contributed by atoms with Crippen molar-refractivity contribution in [3.05, 3.63) is 40.7 Å². The van der Waals surface area contributed by atoms with Gasteiger partial charge in [-0.1, -0.05) is 28.9 Å². The molecule has 0 aliphatic carbocycles. The van der Waals surface area contributed by atoms with Crippen LogP contribution in [-0.4, -0.2) is 11.8 Å². The quantitative estimate of drug-likeness (QED) is 0.756. The lowest BCUT2D eigenvalue weighted by molar-refractivity contribution is 0.340. The van der Waals surface area contributed by atoms with E-state index in [1.54, 1.807) is 0 Å².